The van der Waals surface area contributed by atoms with Gasteiger partial charge in [-0.2, -0.15) is 4.31 Å². The fraction of sp³-hybridized carbons (Fsp3) is 1.00. The minimum absolute atomic E-state index is 0.177. The van der Waals surface area contributed by atoms with Crippen LogP contribution in [0.4, 0.5) is 0 Å². The molecule has 14 heavy (non-hydrogen) atoms. The molecule has 1 fully saturated rings. The van der Waals surface area contributed by atoms with E-state index in [4.69, 9.17) is 5.73 Å². The molecule has 1 atom stereocenters. The van der Waals surface area contributed by atoms with Crippen LogP contribution in [0, 0.1) is 0 Å². The van der Waals surface area contributed by atoms with Crippen LogP contribution in [-0.2, 0) is 19.9 Å². The monoisotopic (exact) mass is 242 g/mol. The zero-order valence-electron chi connectivity index (χ0n) is 7.88. The molecule has 8 heteroatoms. The van der Waals surface area contributed by atoms with Gasteiger partial charge >= 0.3 is 0 Å². The molecule has 1 aliphatic heterocycles. The molecule has 0 amide bonds. The molecule has 1 saturated heterocycles. The molecule has 0 unspecified atom stereocenters. The van der Waals surface area contributed by atoms with Crippen molar-refractivity contribution in [1.29, 1.82) is 0 Å². The normalized spacial score (nSPS) is 25.4. The van der Waals surface area contributed by atoms with Crippen LogP contribution in [0.1, 0.15) is 6.42 Å². The number of hydrogen-bond donors (Lipinski definition) is 1. The summed E-state index contributed by atoms with van der Waals surface area (Å²) in [6.45, 7) is 0.539. The number of hydrogen-bond acceptors (Lipinski definition) is 5. The first-order chi connectivity index (χ1) is 6.21. The lowest BCUT2D eigenvalue weighted by Gasteiger charge is -2.14. The maximum absolute atomic E-state index is 11.5. The van der Waals surface area contributed by atoms with Crippen molar-refractivity contribution in [1.82, 2.24) is 4.31 Å². The zero-order valence-corrected chi connectivity index (χ0v) is 9.51. The minimum Gasteiger partial charge on any atom is -0.326 e. The zero-order chi connectivity index (χ0) is 11.0. The Hall–Kier alpha value is -0.180. The molecule has 0 radical (unpaired) electrons. The van der Waals surface area contributed by atoms with Gasteiger partial charge in [-0.3, -0.25) is 0 Å². The van der Waals surface area contributed by atoms with Gasteiger partial charge in [0.2, 0.25) is 10.0 Å². The van der Waals surface area contributed by atoms with E-state index in [-0.39, 0.29) is 12.6 Å². The van der Waals surface area contributed by atoms with Gasteiger partial charge < -0.3 is 5.73 Å². The van der Waals surface area contributed by atoms with Crippen LogP contribution in [0.2, 0.25) is 0 Å². The van der Waals surface area contributed by atoms with E-state index in [0.29, 0.717) is 13.0 Å². The molecule has 1 heterocycles. The van der Waals surface area contributed by atoms with Crippen molar-refractivity contribution >= 4 is 19.9 Å². The van der Waals surface area contributed by atoms with Crippen LogP contribution in [0.3, 0.4) is 0 Å². The van der Waals surface area contributed by atoms with Gasteiger partial charge in [-0.05, 0) is 6.42 Å². The molecule has 0 aromatic rings. The van der Waals surface area contributed by atoms with Gasteiger partial charge in [0, 0.05) is 25.4 Å². The Kier molecular flexibility index (Phi) is 3.20. The van der Waals surface area contributed by atoms with Crippen LogP contribution >= 0.6 is 0 Å². The molecule has 0 bridgehead atoms. The fourth-order valence-corrected chi connectivity index (χ4v) is 4.91. The third kappa shape index (κ3) is 3.19. The molecular weight excluding hydrogens is 228 g/mol. The lowest BCUT2D eigenvalue weighted by atomic mass is 10.3. The highest BCUT2D eigenvalue weighted by molar-refractivity contribution is 8.06. The molecule has 0 saturated carbocycles. The van der Waals surface area contributed by atoms with Gasteiger partial charge in [-0.15, -0.1) is 0 Å². The average molecular weight is 242 g/mol. The van der Waals surface area contributed by atoms with Crippen LogP contribution < -0.4 is 5.73 Å². The standard InChI is InChI=1S/C6H14N2O4S2/c1-13(9,10)5-14(11,12)8-3-2-6(7)4-8/h6H,2-5,7H2,1H3/t6-/m1/s1. The van der Waals surface area contributed by atoms with E-state index in [1.165, 1.54) is 0 Å². The molecule has 84 valence electrons. The van der Waals surface area contributed by atoms with Gasteiger partial charge in [-0.1, -0.05) is 0 Å². The van der Waals surface area contributed by atoms with Gasteiger partial charge in [0.05, 0.1) is 0 Å². The highest BCUT2D eigenvalue weighted by atomic mass is 32.3. The van der Waals surface area contributed by atoms with Crippen molar-refractivity contribution in [2.24, 2.45) is 5.73 Å². The van der Waals surface area contributed by atoms with Crippen molar-refractivity contribution in [3.05, 3.63) is 0 Å². The smallest absolute Gasteiger partial charge is 0.228 e. The first kappa shape index (κ1) is 11.9. The van der Waals surface area contributed by atoms with Crippen LogP contribution in [-0.4, -0.2) is 51.6 Å². The summed E-state index contributed by atoms with van der Waals surface area (Å²) < 4.78 is 45.8. The summed E-state index contributed by atoms with van der Waals surface area (Å²) in [4.78, 5) is 0. The topological polar surface area (TPSA) is 97.5 Å². The molecule has 1 aliphatic rings. The number of sulfonamides is 1. The summed E-state index contributed by atoms with van der Waals surface area (Å²) in [7, 11) is -7.19. The van der Waals surface area contributed by atoms with Crippen LogP contribution in [0.5, 0.6) is 0 Å². The van der Waals surface area contributed by atoms with E-state index in [9.17, 15) is 16.8 Å². The Labute approximate surface area is 84.0 Å². The van der Waals surface area contributed by atoms with Crippen LogP contribution in [0.15, 0.2) is 0 Å². The Bertz CT molecular complexity index is 400. The summed E-state index contributed by atoms with van der Waals surface area (Å²) in [6.07, 6.45) is 1.49. The van der Waals surface area contributed by atoms with E-state index >= 15 is 0 Å². The maximum atomic E-state index is 11.5. The van der Waals surface area contributed by atoms with Crippen molar-refractivity contribution in [2.45, 2.75) is 12.5 Å². The Morgan fingerprint density at radius 2 is 1.93 bits per heavy atom. The van der Waals surface area contributed by atoms with Gasteiger partial charge in [0.15, 0.2) is 14.9 Å². The highest BCUT2D eigenvalue weighted by Gasteiger charge is 2.31. The molecular formula is C6H14N2O4S2. The van der Waals surface area contributed by atoms with Crippen molar-refractivity contribution in [2.75, 3.05) is 24.4 Å². The number of rotatable bonds is 3. The second-order valence-corrected chi connectivity index (χ2v) is 8.04. The van der Waals surface area contributed by atoms with E-state index < -0.39 is 24.9 Å². The van der Waals surface area contributed by atoms with E-state index in [2.05, 4.69) is 0 Å². The van der Waals surface area contributed by atoms with Gasteiger partial charge in [0.1, 0.15) is 0 Å². The molecule has 0 aromatic heterocycles. The van der Waals surface area contributed by atoms with E-state index in [0.717, 1.165) is 10.6 Å². The molecule has 1 rings (SSSR count). The second-order valence-electron chi connectivity index (χ2n) is 3.56. The summed E-state index contributed by atoms with van der Waals surface area (Å²) in [5.41, 5.74) is 5.53. The minimum atomic E-state index is -3.69. The lowest BCUT2D eigenvalue weighted by molar-refractivity contribution is 0.476. The quantitative estimate of drug-likeness (QED) is 0.639. The first-order valence-electron chi connectivity index (χ1n) is 4.12. The van der Waals surface area contributed by atoms with Crippen molar-refractivity contribution in [3.63, 3.8) is 0 Å². The van der Waals surface area contributed by atoms with E-state index in [1.807, 2.05) is 0 Å². The maximum Gasteiger partial charge on any atom is 0.228 e. The largest absolute Gasteiger partial charge is 0.326 e. The van der Waals surface area contributed by atoms with Crippen LogP contribution in [0.25, 0.3) is 0 Å². The van der Waals surface area contributed by atoms with Crippen molar-refractivity contribution < 1.29 is 16.8 Å². The van der Waals surface area contributed by atoms with Crippen molar-refractivity contribution in [3.8, 4) is 0 Å². The molecule has 2 N–H and O–H groups in total. The summed E-state index contributed by atoms with van der Waals surface area (Å²) in [5, 5.41) is -0.827. The van der Waals surface area contributed by atoms with Gasteiger partial charge in [0.25, 0.3) is 0 Å². The Balaban J connectivity index is 2.77. The fourth-order valence-electron chi connectivity index (χ4n) is 1.35. The van der Waals surface area contributed by atoms with E-state index in [1.54, 1.807) is 0 Å². The lowest BCUT2D eigenvalue weighted by Crippen LogP contribution is -2.35. The molecule has 0 aromatic carbocycles. The predicted molar refractivity (Wildman–Crippen MR) is 52.8 cm³/mol. The third-order valence-corrected chi connectivity index (χ3v) is 5.97. The summed E-state index contributed by atoms with van der Waals surface area (Å²) >= 11 is 0. The molecule has 0 aliphatic carbocycles. The predicted octanol–water partition coefficient (Wildman–Crippen LogP) is -1.65. The highest BCUT2D eigenvalue weighted by Crippen LogP contribution is 2.13. The summed E-state index contributed by atoms with van der Waals surface area (Å²) in [6, 6.07) is -0.177. The average Bonchev–Trinajstić information content (AvgIpc) is 2.29. The first-order valence-corrected chi connectivity index (χ1v) is 7.79. The van der Waals surface area contributed by atoms with Gasteiger partial charge in [-0.25, -0.2) is 16.8 Å². The summed E-state index contributed by atoms with van der Waals surface area (Å²) in [5.74, 6) is 0. The SMILES string of the molecule is CS(=O)(=O)CS(=O)(=O)N1CC[C@@H](N)C1. The molecule has 6 nitrogen and oxygen atoms in total. The number of nitrogens with zero attached hydrogens (tertiary/aromatic N) is 1. The Morgan fingerprint density at radius 3 is 2.29 bits per heavy atom. The number of nitrogens with two attached hydrogens (primary N) is 1. The second kappa shape index (κ2) is 3.76. The molecule has 0 spiro atoms. The third-order valence-electron chi connectivity index (χ3n) is 1.94. The Morgan fingerprint density at radius 1 is 1.36 bits per heavy atom. The number of sulfone groups is 1.